The van der Waals surface area contributed by atoms with Gasteiger partial charge in [0.25, 0.3) is 5.91 Å². The van der Waals surface area contributed by atoms with E-state index in [9.17, 15) is 9.59 Å². The molecule has 2 atom stereocenters. The highest BCUT2D eigenvalue weighted by molar-refractivity contribution is 7.98. The Balaban J connectivity index is 1.54. The third-order valence-corrected chi connectivity index (χ3v) is 8.89. The number of carbonyl (C=O) groups excluding carboxylic acids is 2. The number of benzene rings is 3. The minimum absolute atomic E-state index is 0.0141. The van der Waals surface area contributed by atoms with Gasteiger partial charge in [0.15, 0.2) is 11.5 Å². The van der Waals surface area contributed by atoms with Crippen LogP contribution in [-0.2, 0) is 26.7 Å². The maximum Gasteiger partial charge on any atom is 0.276 e. The third-order valence-electron chi connectivity index (χ3n) is 7.76. The van der Waals surface area contributed by atoms with Gasteiger partial charge in [-0.2, -0.15) is 5.01 Å². The summed E-state index contributed by atoms with van der Waals surface area (Å²) in [6, 6.07) is 23.9. The molecule has 2 bridgehead atoms. The number of allylic oxidation sites excluding steroid dienone is 1. The van der Waals surface area contributed by atoms with Crippen molar-refractivity contribution in [3.63, 3.8) is 0 Å². The average molecular weight is 580 g/mol. The fourth-order valence-electron chi connectivity index (χ4n) is 5.66. The Kier molecular flexibility index (Phi) is 8.17. The van der Waals surface area contributed by atoms with Crippen LogP contribution in [0.1, 0.15) is 34.7 Å². The van der Waals surface area contributed by atoms with Gasteiger partial charge in [0.05, 0.1) is 12.7 Å². The van der Waals surface area contributed by atoms with Crippen LogP contribution in [0.3, 0.4) is 0 Å². The van der Waals surface area contributed by atoms with Gasteiger partial charge in [0.1, 0.15) is 19.0 Å². The second-order valence-corrected chi connectivity index (χ2v) is 11.3. The molecule has 0 radical (unpaired) electrons. The quantitative estimate of drug-likeness (QED) is 0.213. The Bertz CT molecular complexity index is 1570. The molecule has 6 rings (SSSR count). The van der Waals surface area contributed by atoms with Crippen molar-refractivity contribution < 1.29 is 19.1 Å². The van der Waals surface area contributed by atoms with E-state index in [0.717, 1.165) is 28.2 Å². The van der Waals surface area contributed by atoms with Crippen molar-refractivity contribution in [2.45, 2.75) is 29.7 Å². The molecule has 3 aromatic carbocycles. The fourth-order valence-corrected chi connectivity index (χ4v) is 6.75. The SMILES string of the molecule is C=CC(=O)/C(OCc1ccccc1)=C1/C(=O)N2CC/C=C\COc3cccc4c3C(c3ccccc3SC4)N(C2)N1C. The van der Waals surface area contributed by atoms with Crippen LogP contribution in [0.2, 0.25) is 0 Å². The topological polar surface area (TPSA) is 62.3 Å². The molecule has 3 heterocycles. The van der Waals surface area contributed by atoms with Crippen molar-refractivity contribution in [1.29, 1.82) is 0 Å². The predicted molar refractivity (Wildman–Crippen MR) is 163 cm³/mol. The zero-order chi connectivity index (χ0) is 29.1. The van der Waals surface area contributed by atoms with Crippen molar-refractivity contribution in [3.8, 4) is 5.75 Å². The fraction of sp³-hybridized carbons (Fsp3) is 0.235. The molecule has 7 nitrogen and oxygen atoms in total. The number of hydrazine groups is 1. The molecule has 0 aliphatic carbocycles. The summed E-state index contributed by atoms with van der Waals surface area (Å²) in [7, 11) is 1.84. The highest BCUT2D eigenvalue weighted by atomic mass is 32.2. The molecule has 42 heavy (non-hydrogen) atoms. The van der Waals surface area contributed by atoms with E-state index in [4.69, 9.17) is 9.47 Å². The first-order valence-corrected chi connectivity index (χ1v) is 15.0. The average Bonchev–Trinajstić information content (AvgIpc) is 3.18. The number of fused-ring (bicyclic) bond motifs is 5. The molecule has 0 saturated carbocycles. The van der Waals surface area contributed by atoms with E-state index in [2.05, 4.69) is 35.9 Å². The lowest BCUT2D eigenvalue weighted by molar-refractivity contribution is -0.152. The van der Waals surface area contributed by atoms with Crippen molar-refractivity contribution in [2.75, 3.05) is 26.9 Å². The van der Waals surface area contributed by atoms with E-state index in [1.54, 1.807) is 21.7 Å². The number of ether oxygens (including phenoxy) is 2. The van der Waals surface area contributed by atoms with Gasteiger partial charge in [0.2, 0.25) is 5.78 Å². The summed E-state index contributed by atoms with van der Waals surface area (Å²) >= 11 is 1.80. The largest absolute Gasteiger partial charge is 0.489 e. The normalized spacial score (nSPS) is 21.8. The van der Waals surface area contributed by atoms with Crippen LogP contribution in [0.4, 0.5) is 0 Å². The van der Waals surface area contributed by atoms with Crippen molar-refractivity contribution >= 4 is 23.5 Å². The number of amides is 1. The molecule has 0 aromatic heterocycles. The van der Waals surface area contributed by atoms with Gasteiger partial charge >= 0.3 is 0 Å². The first kappa shape index (κ1) is 27.9. The van der Waals surface area contributed by atoms with Gasteiger partial charge in [-0.1, -0.05) is 79.4 Å². The van der Waals surface area contributed by atoms with E-state index < -0.39 is 5.78 Å². The first-order chi connectivity index (χ1) is 20.6. The number of nitrogens with zero attached hydrogens (tertiary/aromatic N) is 3. The minimum Gasteiger partial charge on any atom is -0.489 e. The van der Waals surface area contributed by atoms with Crippen LogP contribution >= 0.6 is 11.8 Å². The number of likely N-dealkylation sites (N-methyl/N-ethyl adjacent to an activating group) is 1. The molecule has 0 spiro atoms. The molecule has 3 aliphatic rings. The zero-order valence-electron chi connectivity index (χ0n) is 23.6. The Hall–Kier alpha value is -4.27. The second-order valence-electron chi connectivity index (χ2n) is 10.3. The number of ketones is 1. The lowest BCUT2D eigenvalue weighted by atomic mass is 9.93. The van der Waals surface area contributed by atoms with E-state index in [1.165, 1.54) is 16.5 Å². The Morgan fingerprint density at radius 1 is 1.07 bits per heavy atom. The monoisotopic (exact) mass is 579 g/mol. The molecule has 1 saturated heterocycles. The second kappa shape index (κ2) is 12.3. The summed E-state index contributed by atoms with van der Waals surface area (Å²) in [5.74, 6) is 0.896. The lowest BCUT2D eigenvalue weighted by Gasteiger charge is -2.48. The number of carbonyl (C=O) groups is 2. The van der Waals surface area contributed by atoms with E-state index in [-0.39, 0.29) is 30.0 Å². The highest BCUT2D eigenvalue weighted by Gasteiger charge is 2.43. The van der Waals surface area contributed by atoms with Crippen LogP contribution in [-0.4, -0.2) is 53.5 Å². The van der Waals surface area contributed by atoms with Crippen LogP contribution in [0.15, 0.2) is 114 Å². The van der Waals surface area contributed by atoms with Crippen LogP contribution < -0.4 is 4.74 Å². The summed E-state index contributed by atoms with van der Waals surface area (Å²) in [4.78, 5) is 30.5. The molecular formula is C34H33N3O4S. The van der Waals surface area contributed by atoms with Gasteiger partial charge in [-0.3, -0.25) is 14.6 Å². The number of rotatable bonds is 5. The molecule has 1 amide bonds. The molecular weight excluding hydrogens is 546 g/mol. The van der Waals surface area contributed by atoms with E-state index >= 15 is 0 Å². The maximum atomic E-state index is 14.2. The summed E-state index contributed by atoms with van der Waals surface area (Å²) in [5, 5.41) is 3.96. The van der Waals surface area contributed by atoms with Gasteiger partial charge in [0, 0.05) is 29.8 Å². The Morgan fingerprint density at radius 3 is 2.71 bits per heavy atom. The third kappa shape index (κ3) is 5.35. The summed E-state index contributed by atoms with van der Waals surface area (Å²) < 4.78 is 12.5. The molecule has 3 aliphatic heterocycles. The smallest absolute Gasteiger partial charge is 0.276 e. The van der Waals surface area contributed by atoms with Crippen molar-refractivity contribution in [1.82, 2.24) is 14.9 Å². The van der Waals surface area contributed by atoms with Crippen molar-refractivity contribution in [3.05, 3.63) is 131 Å². The van der Waals surface area contributed by atoms with Crippen LogP contribution in [0, 0.1) is 0 Å². The van der Waals surface area contributed by atoms with Crippen LogP contribution in [0.25, 0.3) is 0 Å². The maximum absolute atomic E-state index is 14.2. The number of hydrogen-bond acceptors (Lipinski definition) is 7. The first-order valence-electron chi connectivity index (χ1n) is 14.1. The predicted octanol–water partition coefficient (Wildman–Crippen LogP) is 5.85. The molecule has 2 unspecified atom stereocenters. The summed E-state index contributed by atoms with van der Waals surface area (Å²) in [6.07, 6.45) is 5.89. The number of thioether (sulfide) groups is 1. The van der Waals surface area contributed by atoms with Gasteiger partial charge in [-0.05, 0) is 41.3 Å². The van der Waals surface area contributed by atoms with Gasteiger partial charge < -0.3 is 14.4 Å². The zero-order valence-corrected chi connectivity index (χ0v) is 24.4. The number of hydrogen-bond donors (Lipinski definition) is 0. The molecule has 214 valence electrons. The minimum atomic E-state index is -0.440. The molecule has 8 heteroatoms. The van der Waals surface area contributed by atoms with Crippen LogP contribution in [0.5, 0.6) is 5.75 Å². The standard InChI is InChI=1S/C34H33N3O4S/c1-3-27(38)33(41-21-24-13-6-4-7-14-24)32-34(39)36-19-10-5-11-20-40-28-17-12-15-25-22-42-29-18-9-8-16-26(29)31(30(25)28)37(23-36)35(32)2/h3-9,11-18,31H,1,10,19-23H2,2H3/b11-5-,33-32+. The van der Waals surface area contributed by atoms with E-state index in [1.807, 2.05) is 67.7 Å². The van der Waals surface area contributed by atoms with E-state index in [0.29, 0.717) is 26.2 Å². The summed E-state index contributed by atoms with van der Waals surface area (Å²) in [5.41, 5.74) is 4.44. The molecule has 3 aromatic rings. The van der Waals surface area contributed by atoms with Gasteiger partial charge in [-0.25, -0.2) is 0 Å². The lowest BCUT2D eigenvalue weighted by Crippen LogP contribution is -2.58. The Morgan fingerprint density at radius 2 is 1.88 bits per heavy atom. The Labute approximate surface area is 250 Å². The molecule has 0 N–H and O–H groups in total. The van der Waals surface area contributed by atoms with Gasteiger partial charge in [-0.15, -0.1) is 11.8 Å². The molecule has 1 fully saturated rings. The summed E-state index contributed by atoms with van der Waals surface area (Å²) in [6.45, 7) is 5.11. The highest BCUT2D eigenvalue weighted by Crippen LogP contribution is 2.47. The van der Waals surface area contributed by atoms with Crippen molar-refractivity contribution in [2.24, 2.45) is 0 Å².